The van der Waals surface area contributed by atoms with E-state index in [1.807, 2.05) is 4.90 Å². The van der Waals surface area contributed by atoms with Crippen LogP contribution in [0.3, 0.4) is 0 Å². The van der Waals surface area contributed by atoms with E-state index in [1.165, 1.54) is 30.5 Å². The van der Waals surface area contributed by atoms with Crippen LogP contribution in [0.1, 0.15) is 28.9 Å². The number of benzene rings is 2. The summed E-state index contributed by atoms with van der Waals surface area (Å²) in [6.45, 7) is 2.45. The van der Waals surface area contributed by atoms with Gasteiger partial charge in [0.15, 0.2) is 5.78 Å². The Morgan fingerprint density at radius 1 is 1.03 bits per heavy atom. The molecule has 0 aliphatic carbocycles. The number of carbonyl (C=O) groups excluding carboxylic acids is 2. The van der Waals surface area contributed by atoms with Gasteiger partial charge in [0.05, 0.1) is 12.0 Å². The highest BCUT2D eigenvalue weighted by Gasteiger charge is 2.35. The van der Waals surface area contributed by atoms with Crippen molar-refractivity contribution in [1.29, 1.82) is 0 Å². The van der Waals surface area contributed by atoms with Crippen LogP contribution in [0, 0.1) is 0 Å². The van der Waals surface area contributed by atoms with Gasteiger partial charge in [-0.05, 0) is 30.7 Å². The Balaban J connectivity index is 1.80. The number of esters is 1. The number of sulfonamides is 1. The van der Waals surface area contributed by atoms with Gasteiger partial charge >= 0.3 is 5.97 Å². The topological polar surface area (TPSA) is 84.0 Å². The molecule has 1 unspecified atom stereocenters. The van der Waals surface area contributed by atoms with Crippen LogP contribution >= 0.6 is 11.6 Å². The molecule has 0 amide bonds. The molecule has 0 aromatic heterocycles. The van der Waals surface area contributed by atoms with Gasteiger partial charge in [-0.15, -0.1) is 0 Å². The number of nitrogens with zero attached hydrogens (tertiary/aromatic N) is 2. The van der Waals surface area contributed by atoms with Crippen molar-refractivity contribution in [3.05, 3.63) is 64.7 Å². The highest BCUT2D eigenvalue weighted by Crippen LogP contribution is 2.30. The van der Waals surface area contributed by atoms with Gasteiger partial charge in [-0.2, -0.15) is 4.31 Å². The van der Waals surface area contributed by atoms with Gasteiger partial charge in [0.25, 0.3) is 0 Å². The molecule has 9 heteroatoms. The van der Waals surface area contributed by atoms with E-state index < -0.39 is 22.0 Å². The number of rotatable bonds is 6. The van der Waals surface area contributed by atoms with E-state index in [-0.39, 0.29) is 23.8 Å². The van der Waals surface area contributed by atoms with Gasteiger partial charge in [-0.3, -0.25) is 9.69 Å². The van der Waals surface area contributed by atoms with Gasteiger partial charge in [-0.1, -0.05) is 41.9 Å². The molecule has 160 valence electrons. The Morgan fingerprint density at radius 3 is 2.30 bits per heavy atom. The first kappa shape index (κ1) is 22.4. The lowest BCUT2D eigenvalue weighted by molar-refractivity contribution is -0.147. The van der Waals surface area contributed by atoms with Crippen LogP contribution < -0.4 is 0 Å². The lowest BCUT2D eigenvalue weighted by Gasteiger charge is -2.37. The van der Waals surface area contributed by atoms with Crippen LogP contribution in [0.25, 0.3) is 0 Å². The predicted molar refractivity (Wildman–Crippen MR) is 113 cm³/mol. The molecule has 0 saturated carbocycles. The molecule has 1 heterocycles. The minimum atomic E-state index is -3.75. The summed E-state index contributed by atoms with van der Waals surface area (Å²) >= 11 is 6.29. The van der Waals surface area contributed by atoms with Crippen molar-refractivity contribution in [2.45, 2.75) is 17.9 Å². The molecule has 0 N–H and O–H groups in total. The zero-order valence-corrected chi connectivity index (χ0v) is 18.3. The summed E-state index contributed by atoms with van der Waals surface area (Å²) < 4.78 is 32.4. The molecule has 0 bridgehead atoms. The molecule has 0 radical (unpaired) electrons. The Kier molecular flexibility index (Phi) is 6.92. The monoisotopic (exact) mass is 450 g/mol. The fourth-order valence-electron chi connectivity index (χ4n) is 3.51. The third kappa shape index (κ3) is 4.57. The van der Waals surface area contributed by atoms with Crippen LogP contribution in [0.15, 0.2) is 53.4 Å². The number of ether oxygens (including phenoxy) is 1. The zero-order valence-electron chi connectivity index (χ0n) is 16.7. The maximum absolute atomic E-state index is 13.0. The molecule has 0 spiro atoms. The first-order valence-corrected chi connectivity index (χ1v) is 11.2. The summed E-state index contributed by atoms with van der Waals surface area (Å²) in [5.41, 5.74) is 0.968. The summed E-state index contributed by atoms with van der Waals surface area (Å²) in [5, 5.41) is 0.448. The van der Waals surface area contributed by atoms with Crippen molar-refractivity contribution >= 4 is 33.4 Å². The number of ketones is 1. The highest BCUT2D eigenvalue weighted by atomic mass is 35.5. The van der Waals surface area contributed by atoms with Crippen molar-refractivity contribution in [2.75, 3.05) is 33.3 Å². The highest BCUT2D eigenvalue weighted by molar-refractivity contribution is 7.89. The molecule has 1 atom stereocenters. The van der Waals surface area contributed by atoms with E-state index in [4.69, 9.17) is 16.3 Å². The van der Waals surface area contributed by atoms with Gasteiger partial charge in [0, 0.05) is 36.8 Å². The first-order valence-electron chi connectivity index (χ1n) is 9.43. The number of hydrogen-bond donors (Lipinski definition) is 0. The zero-order chi connectivity index (χ0) is 21.9. The molecule has 1 aliphatic rings. The standard InChI is InChI=1S/C21H23ClN2O5S/c1-15(25)16-6-5-7-17(14-16)30(27,28)24-12-10-23(11-13-24)20(21(26)29-2)18-8-3-4-9-19(18)22/h3-9,14,20H,10-13H2,1-2H3. The summed E-state index contributed by atoms with van der Waals surface area (Å²) in [4.78, 5) is 26.0. The van der Waals surface area contributed by atoms with E-state index in [2.05, 4.69) is 0 Å². The van der Waals surface area contributed by atoms with Gasteiger partial charge in [0.1, 0.15) is 6.04 Å². The van der Waals surface area contributed by atoms with Crippen LogP contribution in [0.5, 0.6) is 0 Å². The van der Waals surface area contributed by atoms with Gasteiger partial charge < -0.3 is 4.74 Å². The normalized spacial score (nSPS) is 16.8. The molecule has 30 heavy (non-hydrogen) atoms. The fourth-order valence-corrected chi connectivity index (χ4v) is 5.22. The Bertz CT molecular complexity index is 1050. The number of Topliss-reactive ketones (excluding diaryl/α,β-unsaturated/α-hetero) is 1. The van der Waals surface area contributed by atoms with Crippen molar-refractivity contribution in [1.82, 2.24) is 9.21 Å². The molecule has 1 saturated heterocycles. The molecule has 1 aliphatic heterocycles. The van der Waals surface area contributed by atoms with Crippen LogP contribution in [0.4, 0.5) is 0 Å². The number of piperazine rings is 1. The van der Waals surface area contributed by atoms with Crippen molar-refractivity contribution in [3.63, 3.8) is 0 Å². The van der Waals surface area contributed by atoms with E-state index >= 15 is 0 Å². The summed E-state index contributed by atoms with van der Waals surface area (Å²) in [5.74, 6) is -0.647. The summed E-state index contributed by atoms with van der Waals surface area (Å²) in [6, 6.07) is 12.3. The van der Waals surface area contributed by atoms with E-state index in [0.717, 1.165) is 0 Å². The fraction of sp³-hybridized carbons (Fsp3) is 0.333. The average molecular weight is 451 g/mol. The van der Waals surface area contributed by atoms with Crippen molar-refractivity contribution in [2.24, 2.45) is 0 Å². The summed E-state index contributed by atoms with van der Waals surface area (Å²) in [7, 11) is -2.44. The van der Waals surface area contributed by atoms with Gasteiger partial charge in [-0.25, -0.2) is 13.2 Å². The second-order valence-electron chi connectivity index (χ2n) is 6.97. The quantitative estimate of drug-likeness (QED) is 0.497. The Labute approximate surface area is 181 Å². The molecule has 3 rings (SSSR count). The van der Waals surface area contributed by atoms with E-state index in [1.54, 1.807) is 36.4 Å². The smallest absolute Gasteiger partial charge is 0.327 e. The molecular weight excluding hydrogens is 428 g/mol. The van der Waals surface area contributed by atoms with E-state index in [9.17, 15) is 18.0 Å². The number of hydrogen-bond acceptors (Lipinski definition) is 6. The third-order valence-corrected chi connectivity index (χ3v) is 7.38. The minimum absolute atomic E-state index is 0.0827. The average Bonchev–Trinajstić information content (AvgIpc) is 2.75. The number of halogens is 1. The maximum atomic E-state index is 13.0. The predicted octanol–water partition coefficient (Wildman–Crippen LogP) is 2.76. The second kappa shape index (κ2) is 9.26. The van der Waals surface area contributed by atoms with Crippen LogP contribution in [0.2, 0.25) is 5.02 Å². The number of carbonyl (C=O) groups is 2. The second-order valence-corrected chi connectivity index (χ2v) is 9.32. The SMILES string of the molecule is COC(=O)C(c1ccccc1Cl)N1CCN(S(=O)(=O)c2cccc(C(C)=O)c2)CC1. The lowest BCUT2D eigenvalue weighted by Crippen LogP contribution is -2.51. The summed E-state index contributed by atoms with van der Waals surface area (Å²) in [6.07, 6.45) is 0. The molecule has 1 fully saturated rings. The maximum Gasteiger partial charge on any atom is 0.327 e. The molecule has 7 nitrogen and oxygen atoms in total. The van der Waals surface area contributed by atoms with E-state index in [0.29, 0.717) is 29.2 Å². The van der Waals surface area contributed by atoms with Gasteiger partial charge in [0.2, 0.25) is 10.0 Å². The van der Waals surface area contributed by atoms with Crippen molar-refractivity contribution in [3.8, 4) is 0 Å². The van der Waals surface area contributed by atoms with Crippen LogP contribution in [-0.2, 0) is 19.6 Å². The lowest BCUT2D eigenvalue weighted by atomic mass is 10.0. The Morgan fingerprint density at radius 2 is 1.70 bits per heavy atom. The minimum Gasteiger partial charge on any atom is -0.468 e. The Hall–Kier alpha value is -2.26. The third-order valence-electron chi connectivity index (χ3n) is 5.14. The molecule has 2 aromatic rings. The van der Waals surface area contributed by atoms with Crippen LogP contribution in [-0.4, -0.2) is 62.7 Å². The molecule has 2 aromatic carbocycles. The van der Waals surface area contributed by atoms with Crippen molar-refractivity contribution < 1.29 is 22.7 Å². The first-order chi connectivity index (χ1) is 14.3. The molecular formula is C21H23ClN2O5S. The number of methoxy groups -OCH3 is 1. The largest absolute Gasteiger partial charge is 0.468 e.